The summed E-state index contributed by atoms with van der Waals surface area (Å²) in [7, 11) is 0. The molecule has 1 aliphatic heterocycles. The highest BCUT2D eigenvalue weighted by Crippen LogP contribution is 2.30. The third kappa shape index (κ3) is 4.16. The fourth-order valence-corrected chi connectivity index (χ4v) is 3.07. The zero-order chi connectivity index (χ0) is 18.7. The van der Waals surface area contributed by atoms with Gasteiger partial charge in [-0.15, -0.1) is 0 Å². The van der Waals surface area contributed by atoms with E-state index in [-0.39, 0.29) is 25.1 Å². The Morgan fingerprint density at radius 1 is 1.27 bits per heavy atom. The van der Waals surface area contributed by atoms with Gasteiger partial charge in [0.1, 0.15) is 11.6 Å². The average molecular weight is 367 g/mol. The zero-order valence-corrected chi connectivity index (χ0v) is 14.0. The molecule has 1 fully saturated rings. The number of alkyl halides is 3. The fourth-order valence-electron chi connectivity index (χ4n) is 3.07. The summed E-state index contributed by atoms with van der Waals surface area (Å²) in [5.41, 5.74) is 5.55. The topological polar surface area (TPSA) is 87.3 Å². The molecule has 0 spiro atoms. The quantitative estimate of drug-likeness (QED) is 0.753. The lowest BCUT2D eigenvalue weighted by Gasteiger charge is -2.24. The van der Waals surface area contributed by atoms with Crippen LogP contribution in [0.25, 0.3) is 0 Å². The number of aliphatic hydroxyl groups excluding tert-OH is 1. The van der Waals surface area contributed by atoms with E-state index in [0.717, 1.165) is 31.5 Å². The molecule has 0 amide bonds. The van der Waals surface area contributed by atoms with E-state index >= 15 is 0 Å². The maximum absolute atomic E-state index is 12.8. The van der Waals surface area contributed by atoms with Gasteiger partial charge < -0.3 is 21.1 Å². The van der Waals surface area contributed by atoms with Crippen LogP contribution in [0.4, 0.5) is 30.8 Å². The highest BCUT2D eigenvalue weighted by atomic mass is 19.4. The largest absolute Gasteiger partial charge is 0.416 e. The van der Waals surface area contributed by atoms with Gasteiger partial charge in [0.2, 0.25) is 5.95 Å². The Labute approximate surface area is 148 Å². The van der Waals surface area contributed by atoms with E-state index in [1.54, 1.807) is 12.1 Å². The van der Waals surface area contributed by atoms with E-state index in [1.165, 1.54) is 6.07 Å². The van der Waals surface area contributed by atoms with Crippen LogP contribution < -0.4 is 16.0 Å². The van der Waals surface area contributed by atoms with E-state index in [2.05, 4.69) is 15.3 Å². The summed E-state index contributed by atoms with van der Waals surface area (Å²) in [4.78, 5) is 10.3. The average Bonchev–Trinajstić information content (AvgIpc) is 3.08. The fraction of sp³-hybridized carbons (Fsp3) is 0.412. The van der Waals surface area contributed by atoms with E-state index in [1.807, 2.05) is 4.90 Å². The molecule has 1 saturated heterocycles. The van der Waals surface area contributed by atoms with Gasteiger partial charge in [-0.1, -0.05) is 12.1 Å². The van der Waals surface area contributed by atoms with Crippen LogP contribution in [0.5, 0.6) is 0 Å². The minimum Gasteiger partial charge on any atom is -0.394 e. The van der Waals surface area contributed by atoms with Crippen molar-refractivity contribution in [1.29, 1.82) is 0 Å². The molecule has 0 aliphatic carbocycles. The van der Waals surface area contributed by atoms with Gasteiger partial charge in [-0.3, -0.25) is 0 Å². The lowest BCUT2D eigenvalue weighted by atomic mass is 10.1. The first-order valence-corrected chi connectivity index (χ1v) is 8.29. The van der Waals surface area contributed by atoms with Crippen molar-refractivity contribution in [3.8, 4) is 0 Å². The van der Waals surface area contributed by atoms with Crippen LogP contribution in [0.1, 0.15) is 24.0 Å². The van der Waals surface area contributed by atoms with Gasteiger partial charge in [-0.05, 0) is 30.5 Å². The first kappa shape index (κ1) is 18.2. The molecule has 4 N–H and O–H groups in total. The van der Waals surface area contributed by atoms with Crippen molar-refractivity contribution in [3.05, 3.63) is 41.5 Å². The zero-order valence-electron chi connectivity index (χ0n) is 14.0. The number of hydrogen-bond acceptors (Lipinski definition) is 6. The van der Waals surface area contributed by atoms with Crippen molar-refractivity contribution in [1.82, 2.24) is 9.97 Å². The number of hydrogen-bond donors (Lipinski definition) is 3. The van der Waals surface area contributed by atoms with E-state index in [9.17, 15) is 18.3 Å². The van der Waals surface area contributed by atoms with Gasteiger partial charge in [0.25, 0.3) is 0 Å². The number of nitrogens with one attached hydrogen (secondary N) is 1. The molecule has 9 heteroatoms. The molecule has 6 nitrogen and oxygen atoms in total. The molecular weight excluding hydrogens is 347 g/mol. The Morgan fingerprint density at radius 3 is 2.81 bits per heavy atom. The first-order chi connectivity index (χ1) is 12.4. The monoisotopic (exact) mass is 367 g/mol. The molecular formula is C17H20F3N5O. The van der Waals surface area contributed by atoms with Crippen LogP contribution in [0, 0.1) is 0 Å². The Kier molecular flexibility index (Phi) is 5.17. The van der Waals surface area contributed by atoms with E-state index < -0.39 is 11.7 Å². The summed E-state index contributed by atoms with van der Waals surface area (Å²) in [5.74, 6) is 1.09. The lowest BCUT2D eigenvalue weighted by Crippen LogP contribution is -2.33. The van der Waals surface area contributed by atoms with E-state index in [4.69, 9.17) is 5.73 Å². The Balaban J connectivity index is 1.74. The number of aliphatic hydroxyl groups is 1. The van der Waals surface area contributed by atoms with Crippen LogP contribution in [-0.4, -0.2) is 34.3 Å². The molecule has 1 aromatic heterocycles. The highest BCUT2D eigenvalue weighted by Gasteiger charge is 2.30. The summed E-state index contributed by atoms with van der Waals surface area (Å²) < 4.78 is 38.4. The molecule has 1 aromatic carbocycles. The summed E-state index contributed by atoms with van der Waals surface area (Å²) in [6.45, 7) is 0.953. The first-order valence-electron chi connectivity index (χ1n) is 8.29. The second-order valence-electron chi connectivity index (χ2n) is 6.19. The van der Waals surface area contributed by atoms with Crippen molar-refractivity contribution in [2.75, 3.05) is 29.1 Å². The second-order valence-corrected chi connectivity index (χ2v) is 6.19. The predicted molar refractivity (Wildman–Crippen MR) is 92.7 cm³/mol. The second kappa shape index (κ2) is 7.36. The molecule has 2 heterocycles. The van der Waals surface area contributed by atoms with Gasteiger partial charge in [-0.25, -0.2) is 0 Å². The summed E-state index contributed by atoms with van der Waals surface area (Å²) in [6.07, 6.45) is -2.56. The summed E-state index contributed by atoms with van der Waals surface area (Å²) in [5, 5.41) is 12.4. The van der Waals surface area contributed by atoms with Gasteiger partial charge in [0.05, 0.1) is 18.2 Å². The van der Waals surface area contributed by atoms with Crippen LogP contribution in [0.3, 0.4) is 0 Å². The van der Waals surface area contributed by atoms with Gasteiger partial charge in [-0.2, -0.15) is 23.1 Å². The van der Waals surface area contributed by atoms with Crippen molar-refractivity contribution < 1.29 is 18.3 Å². The van der Waals surface area contributed by atoms with Crippen LogP contribution in [0.15, 0.2) is 30.3 Å². The number of benzene rings is 1. The van der Waals surface area contributed by atoms with Crippen LogP contribution >= 0.6 is 0 Å². The highest BCUT2D eigenvalue weighted by molar-refractivity contribution is 5.54. The maximum Gasteiger partial charge on any atom is 0.416 e. The molecule has 26 heavy (non-hydrogen) atoms. The molecule has 1 aliphatic rings. The molecule has 140 valence electrons. The number of nitrogens with two attached hydrogens (primary N) is 1. The number of rotatable bonds is 5. The number of anilines is 3. The van der Waals surface area contributed by atoms with E-state index in [0.29, 0.717) is 17.2 Å². The Bertz CT molecular complexity index is 768. The van der Waals surface area contributed by atoms with Crippen molar-refractivity contribution in [2.45, 2.75) is 31.6 Å². The van der Waals surface area contributed by atoms with Gasteiger partial charge in [0, 0.05) is 19.2 Å². The maximum atomic E-state index is 12.8. The Morgan fingerprint density at radius 2 is 2.08 bits per heavy atom. The van der Waals surface area contributed by atoms with Crippen LogP contribution in [0.2, 0.25) is 0 Å². The standard InChI is InChI=1S/C17H20F3N5O/c18-17(19,20)12-4-1-3-11(7-12)9-22-14-8-15(24-16(21)23-14)25-6-2-5-13(25)10-26/h1,3-4,7-8,13,26H,2,5-6,9-10H2,(H3,21,22,23,24). The third-order valence-electron chi connectivity index (χ3n) is 4.34. The smallest absolute Gasteiger partial charge is 0.394 e. The molecule has 0 bridgehead atoms. The predicted octanol–water partition coefficient (Wildman–Crippen LogP) is 2.65. The normalized spacial score (nSPS) is 17.5. The molecule has 1 atom stereocenters. The van der Waals surface area contributed by atoms with Crippen LogP contribution in [-0.2, 0) is 12.7 Å². The minimum atomic E-state index is -4.38. The summed E-state index contributed by atoms with van der Waals surface area (Å²) in [6, 6.07) is 6.79. The number of aromatic nitrogens is 2. The summed E-state index contributed by atoms with van der Waals surface area (Å²) >= 11 is 0. The molecule has 2 aromatic rings. The molecule has 1 unspecified atom stereocenters. The van der Waals surface area contributed by atoms with Crippen molar-refractivity contribution in [3.63, 3.8) is 0 Å². The lowest BCUT2D eigenvalue weighted by molar-refractivity contribution is -0.137. The number of nitrogens with zero attached hydrogens (tertiary/aromatic N) is 3. The molecule has 0 radical (unpaired) electrons. The molecule has 0 saturated carbocycles. The third-order valence-corrected chi connectivity index (χ3v) is 4.34. The minimum absolute atomic E-state index is 0.0133. The van der Waals surface area contributed by atoms with Gasteiger partial charge >= 0.3 is 6.18 Å². The Hall–Kier alpha value is -2.55. The van der Waals surface area contributed by atoms with Crippen molar-refractivity contribution in [2.24, 2.45) is 0 Å². The SMILES string of the molecule is Nc1nc(NCc2cccc(C(F)(F)F)c2)cc(N2CCCC2CO)n1. The van der Waals surface area contributed by atoms with Gasteiger partial charge in [0.15, 0.2) is 0 Å². The van der Waals surface area contributed by atoms with Crippen molar-refractivity contribution >= 4 is 17.6 Å². The number of halogens is 3. The number of nitrogen functional groups attached to an aromatic ring is 1. The molecule has 3 rings (SSSR count).